The number of hydrogen-bond acceptors (Lipinski definition) is 4. The van der Waals surface area contributed by atoms with Crippen LogP contribution in [0.2, 0.25) is 10.0 Å². The molecule has 2 atom stereocenters. The van der Waals surface area contributed by atoms with Gasteiger partial charge in [-0.15, -0.1) is 0 Å². The SMILES string of the molecule is O=[P+](c1ccccc1)c1ccccc1OCCCCOc1ccccc1-c1ccccc1-c1c(Cl)cccc1[P+](=O)c1cccc(Cl)c1. The molecule has 0 fully saturated rings. The second-order valence-electron chi connectivity index (χ2n) is 11.0. The minimum Gasteiger partial charge on any atom is -0.493 e. The van der Waals surface area contributed by atoms with Crippen LogP contribution < -0.4 is 30.7 Å². The molecule has 0 saturated carbocycles. The number of benzene rings is 6. The predicted molar refractivity (Wildman–Crippen MR) is 201 cm³/mol. The molecule has 6 rings (SSSR count). The van der Waals surface area contributed by atoms with Gasteiger partial charge >= 0.3 is 15.6 Å². The van der Waals surface area contributed by atoms with E-state index in [0.29, 0.717) is 44.9 Å². The first-order valence-corrected chi connectivity index (χ1v) is 18.9. The minimum absolute atomic E-state index is 0.475. The Hall–Kier alpha value is -4.30. The molecule has 6 aromatic carbocycles. The first kappa shape index (κ1) is 33.6. The molecule has 0 spiro atoms. The lowest BCUT2D eigenvalue weighted by atomic mass is 9.94. The molecule has 0 aliphatic carbocycles. The lowest BCUT2D eigenvalue weighted by Gasteiger charge is -2.16. The Labute approximate surface area is 292 Å². The molecule has 0 N–H and O–H groups in total. The summed E-state index contributed by atoms with van der Waals surface area (Å²) < 4.78 is 39.5. The average molecular weight is 710 g/mol. The third kappa shape index (κ3) is 7.87. The highest BCUT2D eigenvalue weighted by atomic mass is 35.5. The molecule has 0 bridgehead atoms. The summed E-state index contributed by atoms with van der Waals surface area (Å²) in [5, 5.41) is 3.79. The van der Waals surface area contributed by atoms with Gasteiger partial charge in [0, 0.05) is 16.7 Å². The summed E-state index contributed by atoms with van der Waals surface area (Å²) in [4.78, 5) is 0. The highest BCUT2D eigenvalue weighted by molar-refractivity contribution is 7.62. The lowest BCUT2D eigenvalue weighted by molar-refractivity contribution is 0.268. The molecule has 2 unspecified atom stereocenters. The van der Waals surface area contributed by atoms with Crippen LogP contribution in [-0.4, -0.2) is 13.2 Å². The van der Waals surface area contributed by atoms with E-state index in [9.17, 15) is 9.13 Å². The summed E-state index contributed by atoms with van der Waals surface area (Å²) in [6.07, 6.45) is 1.52. The fourth-order valence-electron chi connectivity index (χ4n) is 5.46. The van der Waals surface area contributed by atoms with Crippen LogP contribution in [0.4, 0.5) is 0 Å². The number of hydrogen-bond donors (Lipinski definition) is 0. The third-order valence-electron chi connectivity index (χ3n) is 7.76. The molecule has 48 heavy (non-hydrogen) atoms. The van der Waals surface area contributed by atoms with Crippen molar-refractivity contribution in [2.24, 2.45) is 0 Å². The summed E-state index contributed by atoms with van der Waals surface area (Å²) >= 11 is 13.1. The standard InChI is InChI=1S/C40H32Cl2O4P2/c41-29-14-12-17-31(28-29)48(44)39-25-13-21-35(42)40(39)34-20-5-4-18-32(34)33-19-6-7-22-36(33)45-26-10-11-27-46-37-23-8-9-24-38(37)47(43)30-15-2-1-3-16-30/h1-9,12-25,28H,10-11,26-27H2/q+2. The van der Waals surface area contributed by atoms with Gasteiger partial charge in [-0.25, -0.2) is 0 Å². The van der Waals surface area contributed by atoms with Gasteiger partial charge in [-0.1, -0.05) is 117 Å². The van der Waals surface area contributed by atoms with Crippen LogP contribution in [0.15, 0.2) is 146 Å². The van der Waals surface area contributed by atoms with Crippen molar-refractivity contribution in [3.63, 3.8) is 0 Å². The fraction of sp³-hybridized carbons (Fsp3) is 0.100. The highest BCUT2D eigenvalue weighted by Gasteiger charge is 2.31. The van der Waals surface area contributed by atoms with E-state index in [4.69, 9.17) is 32.7 Å². The first-order valence-electron chi connectivity index (χ1n) is 15.6. The average Bonchev–Trinajstić information content (AvgIpc) is 3.13. The van der Waals surface area contributed by atoms with E-state index in [1.165, 1.54) is 0 Å². The highest BCUT2D eigenvalue weighted by Crippen LogP contribution is 2.41. The van der Waals surface area contributed by atoms with Crippen LogP contribution in [0.25, 0.3) is 22.3 Å². The van der Waals surface area contributed by atoms with Crippen molar-refractivity contribution in [3.8, 4) is 33.8 Å². The minimum atomic E-state index is -1.97. The van der Waals surface area contributed by atoms with Crippen LogP contribution >= 0.6 is 38.8 Å². The van der Waals surface area contributed by atoms with Crippen molar-refractivity contribution in [1.29, 1.82) is 0 Å². The molecule has 238 valence electrons. The van der Waals surface area contributed by atoms with Crippen LogP contribution in [0.3, 0.4) is 0 Å². The van der Waals surface area contributed by atoms with E-state index in [0.717, 1.165) is 46.1 Å². The van der Waals surface area contributed by atoms with Crippen LogP contribution in [0.1, 0.15) is 12.8 Å². The van der Waals surface area contributed by atoms with Gasteiger partial charge in [-0.05, 0) is 78.6 Å². The zero-order valence-corrected chi connectivity index (χ0v) is 29.3. The van der Waals surface area contributed by atoms with Gasteiger partial charge in [0.05, 0.1) is 23.8 Å². The molecule has 0 aliphatic heterocycles. The Morgan fingerprint density at radius 3 is 1.77 bits per heavy atom. The topological polar surface area (TPSA) is 52.6 Å². The maximum absolute atomic E-state index is 13.9. The van der Waals surface area contributed by atoms with E-state index >= 15 is 0 Å². The molecule has 8 heteroatoms. The fourth-order valence-corrected chi connectivity index (χ4v) is 8.77. The van der Waals surface area contributed by atoms with E-state index in [1.807, 2.05) is 127 Å². The lowest BCUT2D eigenvalue weighted by Crippen LogP contribution is -2.12. The Morgan fingerprint density at radius 1 is 0.479 bits per heavy atom. The van der Waals surface area contributed by atoms with E-state index in [1.54, 1.807) is 18.2 Å². The van der Waals surface area contributed by atoms with Gasteiger partial charge in [0.25, 0.3) is 0 Å². The summed E-state index contributed by atoms with van der Waals surface area (Å²) in [6.45, 7) is 0.962. The van der Waals surface area contributed by atoms with Gasteiger partial charge in [-0.3, -0.25) is 0 Å². The van der Waals surface area contributed by atoms with Gasteiger partial charge < -0.3 is 9.47 Å². The molecule has 0 aliphatic rings. The Bertz CT molecular complexity index is 2070. The molecule has 0 saturated heterocycles. The van der Waals surface area contributed by atoms with Crippen LogP contribution in [0.5, 0.6) is 11.5 Å². The summed E-state index contributed by atoms with van der Waals surface area (Å²) in [5.41, 5.74) is 3.41. The second kappa shape index (κ2) is 16.2. The summed E-state index contributed by atoms with van der Waals surface area (Å²) in [7, 11) is -3.71. The van der Waals surface area contributed by atoms with Crippen LogP contribution in [-0.2, 0) is 9.13 Å². The summed E-state index contributed by atoms with van der Waals surface area (Å²) in [5.74, 6) is 1.38. The van der Waals surface area contributed by atoms with E-state index in [2.05, 4.69) is 0 Å². The van der Waals surface area contributed by atoms with Gasteiger partial charge in [0.15, 0.2) is 16.4 Å². The van der Waals surface area contributed by atoms with Crippen molar-refractivity contribution in [2.45, 2.75) is 12.8 Å². The van der Waals surface area contributed by atoms with Crippen molar-refractivity contribution in [3.05, 3.63) is 156 Å². The Kier molecular flexibility index (Phi) is 11.3. The van der Waals surface area contributed by atoms with Crippen molar-refractivity contribution < 1.29 is 18.6 Å². The molecule has 6 aromatic rings. The maximum Gasteiger partial charge on any atom is 0.419 e. The molecule has 0 aromatic heterocycles. The molecular weight excluding hydrogens is 677 g/mol. The second-order valence-corrected chi connectivity index (χ2v) is 15.0. The smallest absolute Gasteiger partial charge is 0.419 e. The molecular formula is C40H32Cl2O4P2+2. The number of halogens is 2. The van der Waals surface area contributed by atoms with Gasteiger partial charge in [-0.2, -0.15) is 0 Å². The molecule has 0 amide bonds. The number of rotatable bonds is 13. The predicted octanol–water partition coefficient (Wildman–Crippen LogP) is 10.1. The maximum atomic E-state index is 13.9. The first-order chi connectivity index (χ1) is 23.5. The van der Waals surface area contributed by atoms with Crippen LogP contribution in [0, 0.1) is 0 Å². The zero-order valence-electron chi connectivity index (χ0n) is 26.0. The Balaban J connectivity index is 1.16. The largest absolute Gasteiger partial charge is 0.493 e. The quantitative estimate of drug-likeness (QED) is 0.0885. The Morgan fingerprint density at radius 2 is 1.02 bits per heavy atom. The normalized spacial score (nSPS) is 11.5. The van der Waals surface area contributed by atoms with Crippen molar-refractivity contribution >= 4 is 60.0 Å². The monoisotopic (exact) mass is 708 g/mol. The third-order valence-corrected chi connectivity index (χ3v) is 11.4. The van der Waals surface area contributed by atoms with Crippen molar-refractivity contribution in [1.82, 2.24) is 0 Å². The van der Waals surface area contributed by atoms with E-state index < -0.39 is 15.6 Å². The van der Waals surface area contributed by atoms with E-state index in [-0.39, 0.29) is 0 Å². The van der Waals surface area contributed by atoms with Gasteiger partial charge in [0.1, 0.15) is 5.75 Å². The van der Waals surface area contributed by atoms with Gasteiger partial charge in [0.2, 0.25) is 10.6 Å². The molecule has 0 heterocycles. The number of unbranched alkanes of at least 4 members (excludes halogenated alkanes) is 1. The molecule has 4 nitrogen and oxygen atoms in total. The number of ether oxygens (including phenoxy) is 2. The summed E-state index contributed by atoms with van der Waals surface area (Å²) in [6, 6.07) is 45.4. The zero-order chi connectivity index (χ0) is 33.3. The molecule has 0 radical (unpaired) electrons. The van der Waals surface area contributed by atoms with Crippen molar-refractivity contribution in [2.75, 3.05) is 13.2 Å². The number of para-hydroxylation sites is 2.